The number of aromatic nitrogens is 3. The van der Waals surface area contributed by atoms with Crippen LogP contribution in [0.5, 0.6) is 0 Å². The van der Waals surface area contributed by atoms with Crippen molar-refractivity contribution in [3.63, 3.8) is 0 Å². The molecule has 2 aliphatic rings. The molecule has 1 aromatic heterocycles. The minimum atomic E-state index is 0.00863. The quantitative estimate of drug-likeness (QED) is 0.906. The van der Waals surface area contributed by atoms with Gasteiger partial charge in [-0.15, -0.1) is 10.2 Å². The van der Waals surface area contributed by atoms with Gasteiger partial charge in [-0.3, -0.25) is 4.79 Å². The largest absolute Gasteiger partial charge is 0.307 e. The van der Waals surface area contributed by atoms with Crippen LogP contribution >= 0.6 is 0 Å². The van der Waals surface area contributed by atoms with E-state index in [9.17, 15) is 4.79 Å². The highest BCUT2D eigenvalue weighted by Gasteiger charge is 2.30. The monoisotopic (exact) mass is 261 g/mol. The van der Waals surface area contributed by atoms with Crippen molar-refractivity contribution in [3.05, 3.63) is 21.9 Å². The number of aromatic amines is 1. The van der Waals surface area contributed by atoms with Gasteiger partial charge in [0.05, 0.1) is 0 Å². The molecule has 1 N–H and O–H groups in total. The fraction of sp³-hybridized carbons (Fsp3) is 0.800. The van der Waals surface area contributed by atoms with Crippen molar-refractivity contribution >= 4 is 0 Å². The van der Waals surface area contributed by atoms with Crippen molar-refractivity contribution in [2.24, 2.45) is 5.92 Å². The van der Waals surface area contributed by atoms with E-state index in [1.807, 2.05) is 0 Å². The zero-order valence-corrected chi connectivity index (χ0v) is 11.7. The lowest BCUT2D eigenvalue weighted by Crippen LogP contribution is -2.26. The Bertz CT molecular complexity index is 486. The molecule has 0 bridgehead atoms. The standard InChI is InChI=1S/C15H23N3O/c1-2-12(10-6-4-3-5-7-10)13-15(19)16-14(18-17-13)11-8-9-11/h10-12H,2-9H2,1H3,(H,16,18,19). The van der Waals surface area contributed by atoms with Gasteiger partial charge in [-0.25, -0.2) is 0 Å². The van der Waals surface area contributed by atoms with Crippen LogP contribution in [0, 0.1) is 5.92 Å². The molecule has 0 spiro atoms. The molecule has 3 rings (SSSR count). The van der Waals surface area contributed by atoms with Gasteiger partial charge in [-0.05, 0) is 38.0 Å². The molecule has 19 heavy (non-hydrogen) atoms. The van der Waals surface area contributed by atoms with E-state index >= 15 is 0 Å². The van der Waals surface area contributed by atoms with Crippen LogP contribution < -0.4 is 5.56 Å². The minimum Gasteiger partial charge on any atom is -0.307 e. The molecular weight excluding hydrogens is 238 g/mol. The normalized spacial score (nSPS) is 22.4. The fourth-order valence-corrected chi connectivity index (χ4v) is 3.43. The molecule has 0 saturated heterocycles. The van der Waals surface area contributed by atoms with Crippen LogP contribution in [0.25, 0.3) is 0 Å². The summed E-state index contributed by atoms with van der Waals surface area (Å²) in [6.45, 7) is 2.16. The van der Waals surface area contributed by atoms with E-state index in [4.69, 9.17) is 0 Å². The van der Waals surface area contributed by atoms with Crippen molar-refractivity contribution in [1.82, 2.24) is 15.2 Å². The van der Waals surface area contributed by atoms with E-state index in [0.717, 1.165) is 25.1 Å². The molecule has 0 amide bonds. The summed E-state index contributed by atoms with van der Waals surface area (Å²) in [4.78, 5) is 15.2. The Morgan fingerprint density at radius 2 is 1.89 bits per heavy atom. The van der Waals surface area contributed by atoms with Crippen molar-refractivity contribution < 1.29 is 0 Å². The predicted molar refractivity (Wildman–Crippen MR) is 74.2 cm³/mol. The minimum absolute atomic E-state index is 0.00863. The number of H-pyrrole nitrogens is 1. The maximum Gasteiger partial charge on any atom is 0.273 e. The summed E-state index contributed by atoms with van der Waals surface area (Å²) >= 11 is 0. The summed E-state index contributed by atoms with van der Waals surface area (Å²) in [5, 5.41) is 8.55. The molecule has 2 saturated carbocycles. The van der Waals surface area contributed by atoms with E-state index in [-0.39, 0.29) is 5.56 Å². The van der Waals surface area contributed by atoms with Crippen LogP contribution in [0.1, 0.15) is 81.6 Å². The molecule has 0 aromatic carbocycles. The van der Waals surface area contributed by atoms with Crippen molar-refractivity contribution in [2.45, 2.75) is 70.1 Å². The number of rotatable bonds is 4. The molecule has 2 fully saturated rings. The first-order valence-electron chi connectivity index (χ1n) is 7.76. The third kappa shape index (κ3) is 2.72. The molecule has 1 heterocycles. The maximum atomic E-state index is 12.3. The Kier molecular flexibility index (Phi) is 3.67. The van der Waals surface area contributed by atoms with Gasteiger partial charge in [0, 0.05) is 11.8 Å². The van der Waals surface area contributed by atoms with Gasteiger partial charge in [0.1, 0.15) is 11.5 Å². The van der Waals surface area contributed by atoms with Crippen molar-refractivity contribution in [2.75, 3.05) is 0 Å². The lowest BCUT2D eigenvalue weighted by Gasteiger charge is -2.28. The van der Waals surface area contributed by atoms with Crippen LogP contribution in [0.15, 0.2) is 4.79 Å². The highest BCUT2D eigenvalue weighted by atomic mass is 16.1. The molecule has 1 aromatic rings. The van der Waals surface area contributed by atoms with Crippen molar-refractivity contribution in [3.8, 4) is 0 Å². The first-order chi connectivity index (χ1) is 9.29. The highest BCUT2D eigenvalue weighted by Crippen LogP contribution is 2.38. The third-order valence-electron chi connectivity index (χ3n) is 4.71. The number of nitrogens with zero attached hydrogens (tertiary/aromatic N) is 2. The van der Waals surface area contributed by atoms with E-state index in [1.165, 1.54) is 32.1 Å². The molecular formula is C15H23N3O. The summed E-state index contributed by atoms with van der Waals surface area (Å²) in [5.41, 5.74) is 0.688. The van der Waals surface area contributed by atoms with Gasteiger partial charge in [-0.2, -0.15) is 0 Å². The lowest BCUT2D eigenvalue weighted by molar-refractivity contribution is 0.292. The number of nitrogens with one attached hydrogen (secondary N) is 1. The van der Waals surface area contributed by atoms with Crippen LogP contribution in [0.4, 0.5) is 0 Å². The molecule has 4 nitrogen and oxygen atoms in total. The Balaban J connectivity index is 1.83. The number of hydrogen-bond donors (Lipinski definition) is 1. The molecule has 4 heteroatoms. The third-order valence-corrected chi connectivity index (χ3v) is 4.71. The van der Waals surface area contributed by atoms with E-state index in [0.29, 0.717) is 23.4 Å². The molecule has 1 unspecified atom stereocenters. The summed E-state index contributed by atoms with van der Waals surface area (Å²) in [5.74, 6) is 2.18. The van der Waals surface area contributed by atoms with Gasteiger partial charge in [0.2, 0.25) is 0 Å². The second-order valence-electron chi connectivity index (χ2n) is 6.11. The van der Waals surface area contributed by atoms with Crippen LogP contribution in [0.2, 0.25) is 0 Å². The zero-order valence-electron chi connectivity index (χ0n) is 11.7. The van der Waals surface area contributed by atoms with E-state index in [1.54, 1.807) is 0 Å². The summed E-state index contributed by atoms with van der Waals surface area (Å²) in [6.07, 6.45) is 9.70. The molecule has 0 aliphatic heterocycles. The predicted octanol–water partition coefficient (Wildman–Crippen LogP) is 3.12. The Morgan fingerprint density at radius 1 is 1.16 bits per heavy atom. The zero-order chi connectivity index (χ0) is 13.2. The van der Waals surface area contributed by atoms with Gasteiger partial charge in [0.25, 0.3) is 5.56 Å². The average Bonchev–Trinajstić information content (AvgIpc) is 3.27. The molecule has 1 atom stereocenters. The van der Waals surface area contributed by atoms with Crippen molar-refractivity contribution in [1.29, 1.82) is 0 Å². The fourth-order valence-electron chi connectivity index (χ4n) is 3.43. The SMILES string of the molecule is CCC(c1nnc(C2CC2)[nH]c1=O)C1CCCCC1. The first kappa shape index (κ1) is 12.8. The van der Waals surface area contributed by atoms with Gasteiger partial charge in [-0.1, -0.05) is 26.2 Å². The molecule has 2 aliphatic carbocycles. The molecule has 0 radical (unpaired) electrons. The smallest absolute Gasteiger partial charge is 0.273 e. The van der Waals surface area contributed by atoms with Crippen LogP contribution in [0.3, 0.4) is 0 Å². The van der Waals surface area contributed by atoms with Crippen LogP contribution in [-0.2, 0) is 0 Å². The highest BCUT2D eigenvalue weighted by molar-refractivity contribution is 5.09. The second kappa shape index (κ2) is 5.43. The molecule has 104 valence electrons. The number of hydrogen-bond acceptors (Lipinski definition) is 3. The van der Waals surface area contributed by atoms with Gasteiger partial charge >= 0.3 is 0 Å². The van der Waals surface area contributed by atoms with E-state index in [2.05, 4.69) is 22.1 Å². The first-order valence-corrected chi connectivity index (χ1v) is 7.76. The Hall–Kier alpha value is -1.19. The topological polar surface area (TPSA) is 58.6 Å². The van der Waals surface area contributed by atoms with Crippen LogP contribution in [-0.4, -0.2) is 15.2 Å². The lowest BCUT2D eigenvalue weighted by atomic mass is 9.77. The maximum absolute atomic E-state index is 12.3. The van der Waals surface area contributed by atoms with Gasteiger partial charge < -0.3 is 4.98 Å². The summed E-state index contributed by atoms with van der Waals surface area (Å²) < 4.78 is 0. The Labute approximate surface area is 114 Å². The summed E-state index contributed by atoms with van der Waals surface area (Å²) in [6, 6.07) is 0. The van der Waals surface area contributed by atoms with E-state index < -0.39 is 0 Å². The summed E-state index contributed by atoms with van der Waals surface area (Å²) in [7, 11) is 0. The Morgan fingerprint density at radius 3 is 2.47 bits per heavy atom. The van der Waals surface area contributed by atoms with Gasteiger partial charge in [0.15, 0.2) is 0 Å². The average molecular weight is 261 g/mol. The second-order valence-corrected chi connectivity index (χ2v) is 6.11.